The van der Waals surface area contributed by atoms with Gasteiger partial charge in [-0.15, -0.1) is 0 Å². The van der Waals surface area contributed by atoms with Crippen LogP contribution < -0.4 is 10.6 Å². The summed E-state index contributed by atoms with van der Waals surface area (Å²) in [7, 11) is -1.86. The summed E-state index contributed by atoms with van der Waals surface area (Å²) in [5.41, 5.74) is 1.13. The van der Waals surface area contributed by atoms with Crippen LogP contribution in [0.1, 0.15) is 23.2 Å². The van der Waals surface area contributed by atoms with E-state index in [1.165, 1.54) is 19.3 Å². The molecule has 1 aromatic heterocycles. The van der Waals surface area contributed by atoms with E-state index in [1.54, 1.807) is 12.2 Å². The molecule has 2 rings (SSSR count). The van der Waals surface area contributed by atoms with E-state index in [-0.39, 0.29) is 21.5 Å². The number of hydrogen-bond donors (Lipinski definition) is 2. The maximum absolute atomic E-state index is 11.9. The van der Waals surface area contributed by atoms with Gasteiger partial charge in [0.2, 0.25) is 0 Å². The largest absolute Gasteiger partial charge is 0.355 e. The molecule has 0 saturated carbocycles. The molecule has 1 amide bonds. The number of nitrogens with one attached hydrogen (secondary N) is 2. The first-order valence-electron chi connectivity index (χ1n) is 6.58. The van der Waals surface area contributed by atoms with Crippen LogP contribution in [0.5, 0.6) is 0 Å². The van der Waals surface area contributed by atoms with Crippen molar-refractivity contribution in [3.8, 4) is 0 Å². The lowest BCUT2D eigenvalue weighted by atomic mass is 10.1. The summed E-state index contributed by atoms with van der Waals surface area (Å²) in [6.45, 7) is 0. The van der Waals surface area contributed by atoms with E-state index < -0.39 is 9.84 Å². The van der Waals surface area contributed by atoms with Gasteiger partial charge in [-0.1, -0.05) is 23.8 Å². The molecule has 1 aliphatic rings. The molecule has 1 aliphatic carbocycles. The molecular weight excluding hydrogens is 326 g/mol. The van der Waals surface area contributed by atoms with Crippen molar-refractivity contribution in [3.05, 3.63) is 45.7 Å². The molecule has 2 N–H and O–H groups in total. The van der Waals surface area contributed by atoms with Crippen LogP contribution in [0, 0.1) is 0 Å². The minimum atomic E-state index is -3.36. The van der Waals surface area contributed by atoms with E-state index >= 15 is 0 Å². The number of allylic oxidation sites excluding steroid dienone is 2. The van der Waals surface area contributed by atoms with E-state index in [4.69, 9.17) is 11.6 Å². The minimum absolute atomic E-state index is 0.205. The molecule has 118 valence electrons. The van der Waals surface area contributed by atoms with E-state index in [0.29, 0.717) is 17.8 Å². The average molecular weight is 342 g/mol. The summed E-state index contributed by atoms with van der Waals surface area (Å²) in [5.74, 6) is -0.340. The van der Waals surface area contributed by atoms with Crippen LogP contribution in [0.3, 0.4) is 0 Å². The molecular formula is C14H16ClN3O3S. The van der Waals surface area contributed by atoms with Gasteiger partial charge in [-0.2, -0.15) is 0 Å². The van der Waals surface area contributed by atoms with Crippen molar-refractivity contribution < 1.29 is 13.2 Å². The van der Waals surface area contributed by atoms with Crippen molar-refractivity contribution in [2.75, 3.05) is 18.6 Å². The molecule has 0 saturated heterocycles. The molecule has 0 radical (unpaired) electrons. The molecule has 22 heavy (non-hydrogen) atoms. The van der Waals surface area contributed by atoms with Crippen LogP contribution in [0.2, 0.25) is 5.15 Å². The molecule has 0 atom stereocenters. The highest BCUT2D eigenvalue weighted by Crippen LogP contribution is 2.27. The Kier molecular flexibility index (Phi) is 4.87. The van der Waals surface area contributed by atoms with Crippen LogP contribution in [0.4, 0.5) is 5.69 Å². The van der Waals surface area contributed by atoms with Gasteiger partial charge in [0, 0.05) is 19.5 Å². The number of rotatable bonds is 4. The number of aromatic nitrogens is 1. The van der Waals surface area contributed by atoms with Crippen molar-refractivity contribution in [1.29, 1.82) is 0 Å². The van der Waals surface area contributed by atoms with Crippen LogP contribution in [-0.4, -0.2) is 32.6 Å². The highest BCUT2D eigenvalue weighted by molar-refractivity contribution is 7.94. The summed E-state index contributed by atoms with van der Waals surface area (Å²) in [6.07, 6.45) is 7.33. The number of amides is 1. The van der Waals surface area contributed by atoms with Crippen LogP contribution in [-0.2, 0) is 9.84 Å². The van der Waals surface area contributed by atoms with Crippen molar-refractivity contribution in [2.24, 2.45) is 0 Å². The summed E-state index contributed by atoms with van der Waals surface area (Å²) >= 11 is 5.87. The number of halogens is 1. The first kappa shape index (κ1) is 16.5. The highest BCUT2D eigenvalue weighted by Gasteiger charge is 2.21. The standard InChI is InChI=1S/C14H16ClN3O3S/c1-16-14(19)9-8-17-13(15)7-11(9)18-10-5-3-4-6-12(10)22(2,20)21/h5-8H,3-4H2,1-2H3,(H,16,19)(H,17,18). The number of carbonyl (C=O) groups excluding carboxylic acids is 1. The zero-order valence-electron chi connectivity index (χ0n) is 12.2. The Bertz CT molecular complexity index is 770. The predicted octanol–water partition coefficient (Wildman–Crippen LogP) is 2.11. The third kappa shape index (κ3) is 3.66. The monoisotopic (exact) mass is 341 g/mol. The first-order valence-corrected chi connectivity index (χ1v) is 8.85. The molecule has 0 aromatic carbocycles. The molecule has 0 unspecified atom stereocenters. The van der Waals surface area contributed by atoms with Gasteiger partial charge in [0.25, 0.3) is 5.91 Å². The fourth-order valence-electron chi connectivity index (χ4n) is 2.11. The summed E-state index contributed by atoms with van der Waals surface area (Å²) in [6, 6.07) is 1.49. The molecule has 8 heteroatoms. The van der Waals surface area contributed by atoms with Gasteiger partial charge in [-0.3, -0.25) is 4.79 Å². The lowest BCUT2D eigenvalue weighted by molar-refractivity contribution is 0.0963. The van der Waals surface area contributed by atoms with Crippen molar-refractivity contribution >= 4 is 33.0 Å². The third-order valence-electron chi connectivity index (χ3n) is 3.12. The van der Waals surface area contributed by atoms with Crippen molar-refractivity contribution in [2.45, 2.75) is 12.8 Å². The molecule has 0 aliphatic heterocycles. The third-order valence-corrected chi connectivity index (χ3v) is 4.51. The van der Waals surface area contributed by atoms with Gasteiger partial charge < -0.3 is 10.6 Å². The lowest BCUT2D eigenvalue weighted by Crippen LogP contribution is -2.21. The van der Waals surface area contributed by atoms with Gasteiger partial charge in [0.1, 0.15) is 5.15 Å². The summed E-state index contributed by atoms with van der Waals surface area (Å²) in [4.78, 5) is 16.0. The summed E-state index contributed by atoms with van der Waals surface area (Å²) in [5, 5.41) is 5.70. The molecule has 6 nitrogen and oxygen atoms in total. The maximum Gasteiger partial charge on any atom is 0.254 e. The Labute approximate surface area is 134 Å². The average Bonchev–Trinajstić information content (AvgIpc) is 2.46. The zero-order chi connectivity index (χ0) is 16.3. The van der Waals surface area contributed by atoms with Gasteiger partial charge in [-0.25, -0.2) is 13.4 Å². The second-order valence-electron chi connectivity index (χ2n) is 4.79. The molecule has 0 bridgehead atoms. The Morgan fingerprint density at radius 1 is 1.32 bits per heavy atom. The lowest BCUT2D eigenvalue weighted by Gasteiger charge is -2.18. The molecule has 1 aromatic rings. The smallest absolute Gasteiger partial charge is 0.254 e. The Morgan fingerprint density at radius 2 is 2.00 bits per heavy atom. The number of carbonyl (C=O) groups is 1. The number of anilines is 1. The summed E-state index contributed by atoms with van der Waals surface area (Å²) < 4.78 is 23.7. The Balaban J connectivity index is 2.42. The van der Waals surface area contributed by atoms with E-state index in [1.807, 2.05) is 0 Å². The van der Waals surface area contributed by atoms with Crippen LogP contribution >= 0.6 is 11.6 Å². The quantitative estimate of drug-likeness (QED) is 0.819. The topological polar surface area (TPSA) is 88.2 Å². The molecule has 1 heterocycles. The molecule has 0 fully saturated rings. The van der Waals surface area contributed by atoms with Gasteiger partial charge in [0.05, 0.1) is 21.9 Å². The normalized spacial score (nSPS) is 14.9. The van der Waals surface area contributed by atoms with Crippen LogP contribution in [0.25, 0.3) is 0 Å². The number of sulfone groups is 1. The fraction of sp³-hybridized carbons (Fsp3) is 0.286. The van der Waals surface area contributed by atoms with Crippen LogP contribution in [0.15, 0.2) is 35.0 Å². The van der Waals surface area contributed by atoms with E-state index in [0.717, 1.165) is 12.7 Å². The fourth-order valence-corrected chi connectivity index (χ4v) is 3.22. The number of pyridine rings is 1. The Hall–Kier alpha value is -1.86. The predicted molar refractivity (Wildman–Crippen MR) is 86.5 cm³/mol. The van der Waals surface area contributed by atoms with Gasteiger partial charge in [-0.05, 0) is 18.9 Å². The Morgan fingerprint density at radius 3 is 2.64 bits per heavy atom. The van der Waals surface area contributed by atoms with Crippen molar-refractivity contribution in [1.82, 2.24) is 10.3 Å². The first-order chi connectivity index (χ1) is 10.3. The molecule has 0 spiro atoms. The minimum Gasteiger partial charge on any atom is -0.355 e. The number of hydrogen-bond acceptors (Lipinski definition) is 5. The van der Waals surface area contributed by atoms with E-state index in [9.17, 15) is 13.2 Å². The van der Waals surface area contributed by atoms with Gasteiger partial charge in [0.15, 0.2) is 9.84 Å². The zero-order valence-corrected chi connectivity index (χ0v) is 13.8. The SMILES string of the molecule is CNC(=O)c1cnc(Cl)cc1NC1=CCCC=C1S(C)(=O)=O. The van der Waals surface area contributed by atoms with Crippen molar-refractivity contribution in [3.63, 3.8) is 0 Å². The van der Waals surface area contributed by atoms with Gasteiger partial charge >= 0.3 is 0 Å². The maximum atomic E-state index is 11.9. The second-order valence-corrected chi connectivity index (χ2v) is 7.16. The highest BCUT2D eigenvalue weighted by atomic mass is 35.5. The van der Waals surface area contributed by atoms with E-state index in [2.05, 4.69) is 15.6 Å². The second kappa shape index (κ2) is 6.50. The number of nitrogens with zero attached hydrogens (tertiary/aromatic N) is 1.